The molecule has 0 aliphatic carbocycles. The van der Waals surface area contributed by atoms with E-state index in [1.807, 2.05) is 54.6 Å². The van der Waals surface area contributed by atoms with Crippen molar-refractivity contribution in [3.05, 3.63) is 107 Å². The first kappa shape index (κ1) is 21.7. The summed E-state index contributed by atoms with van der Waals surface area (Å²) in [6, 6.07) is 16.9. The number of carbonyl (C=O) groups excluding carboxylic acids is 1. The highest BCUT2D eigenvalue weighted by atomic mass is 16.5. The first-order valence-electron chi connectivity index (χ1n) is 11.7. The van der Waals surface area contributed by atoms with Crippen LogP contribution in [-0.2, 0) is 17.8 Å². The number of benzene rings is 2. The number of pyridine rings is 3. The summed E-state index contributed by atoms with van der Waals surface area (Å²) in [5.41, 5.74) is 4.10. The van der Waals surface area contributed by atoms with Crippen LogP contribution in [0.3, 0.4) is 0 Å². The van der Waals surface area contributed by atoms with E-state index in [-0.39, 0.29) is 18.1 Å². The Morgan fingerprint density at radius 2 is 1.81 bits per heavy atom. The molecule has 0 atom stereocenters. The molecule has 1 amide bonds. The molecule has 4 heterocycles. The summed E-state index contributed by atoms with van der Waals surface area (Å²) in [5, 5.41) is 6.14. The average Bonchev–Trinajstić information content (AvgIpc) is 3.26. The largest absolute Gasteiger partial charge is 0.483 e. The Labute approximate surface area is 206 Å². The lowest BCUT2D eigenvalue weighted by Crippen LogP contribution is -2.28. The van der Waals surface area contributed by atoms with Gasteiger partial charge < -0.3 is 10.1 Å². The Hall–Kier alpha value is -4.78. The Bertz CT molecular complexity index is 1830. The van der Waals surface area contributed by atoms with Gasteiger partial charge >= 0.3 is 0 Å². The van der Waals surface area contributed by atoms with E-state index in [2.05, 4.69) is 21.9 Å². The molecule has 2 aromatic carbocycles. The minimum absolute atomic E-state index is 0.0835. The van der Waals surface area contributed by atoms with Gasteiger partial charge in [0.15, 0.2) is 6.61 Å². The first-order valence-corrected chi connectivity index (χ1v) is 11.7. The van der Waals surface area contributed by atoms with Gasteiger partial charge in [0.1, 0.15) is 5.75 Å². The van der Waals surface area contributed by atoms with Crippen LogP contribution >= 0.6 is 0 Å². The minimum atomic E-state index is -0.228. The Morgan fingerprint density at radius 1 is 1.00 bits per heavy atom. The van der Waals surface area contributed by atoms with Crippen LogP contribution in [0.2, 0.25) is 0 Å². The van der Waals surface area contributed by atoms with Crippen molar-refractivity contribution in [1.82, 2.24) is 19.7 Å². The normalized spacial score (nSPS) is 11.4. The molecule has 0 spiro atoms. The maximum absolute atomic E-state index is 13.6. The molecule has 0 fully saturated rings. The zero-order valence-electron chi connectivity index (χ0n) is 19.4. The molecule has 0 unspecified atom stereocenters. The van der Waals surface area contributed by atoms with Gasteiger partial charge in [-0.05, 0) is 48.4 Å². The van der Waals surface area contributed by atoms with Crippen LogP contribution in [0.25, 0.3) is 38.1 Å². The zero-order valence-corrected chi connectivity index (χ0v) is 19.4. The van der Waals surface area contributed by atoms with E-state index in [0.29, 0.717) is 24.1 Å². The van der Waals surface area contributed by atoms with Gasteiger partial charge in [0.25, 0.3) is 11.5 Å². The van der Waals surface area contributed by atoms with Gasteiger partial charge in [0, 0.05) is 52.2 Å². The molecule has 6 aromatic rings. The standard InChI is InChI=1S/C29H22N4O3/c1-2-5-21-24(36-17-25(34)32-16-18-10-13-30-14-11-18)9-8-23-26(21)22-12-15-31-27-19-6-3-4-7-20(19)29(35)33(23)28(22)27/h2-4,6-15H,1,5,16-17H2,(H,32,34). The molecular formula is C29H22N4O3. The average molecular weight is 475 g/mol. The second kappa shape index (κ2) is 8.78. The molecule has 7 heteroatoms. The van der Waals surface area contributed by atoms with E-state index < -0.39 is 0 Å². The van der Waals surface area contributed by atoms with Crippen molar-refractivity contribution >= 4 is 44.0 Å². The van der Waals surface area contributed by atoms with Gasteiger partial charge in [-0.1, -0.05) is 24.3 Å². The molecule has 7 nitrogen and oxygen atoms in total. The number of amides is 1. The van der Waals surface area contributed by atoms with Gasteiger partial charge in [0.05, 0.1) is 16.6 Å². The van der Waals surface area contributed by atoms with Crippen LogP contribution in [0.4, 0.5) is 0 Å². The fourth-order valence-electron chi connectivity index (χ4n) is 4.89. The summed E-state index contributed by atoms with van der Waals surface area (Å²) >= 11 is 0. The molecule has 1 N–H and O–H groups in total. The molecule has 176 valence electrons. The van der Waals surface area contributed by atoms with Crippen molar-refractivity contribution in [2.75, 3.05) is 6.61 Å². The van der Waals surface area contributed by atoms with Gasteiger partial charge in [0.2, 0.25) is 0 Å². The fourth-order valence-corrected chi connectivity index (χ4v) is 4.89. The van der Waals surface area contributed by atoms with Crippen LogP contribution in [0.1, 0.15) is 11.1 Å². The molecule has 0 aliphatic rings. The van der Waals surface area contributed by atoms with E-state index in [0.717, 1.165) is 43.8 Å². The predicted octanol–water partition coefficient (Wildman–Crippen LogP) is 4.41. The van der Waals surface area contributed by atoms with E-state index >= 15 is 0 Å². The number of allylic oxidation sites excluding steroid dienone is 1. The second-order valence-corrected chi connectivity index (χ2v) is 8.59. The Kier molecular flexibility index (Phi) is 5.30. The fraction of sp³-hybridized carbons (Fsp3) is 0.103. The van der Waals surface area contributed by atoms with E-state index in [1.54, 1.807) is 29.1 Å². The summed E-state index contributed by atoms with van der Waals surface area (Å²) in [4.78, 5) is 34.6. The smallest absolute Gasteiger partial charge is 0.263 e. The summed E-state index contributed by atoms with van der Waals surface area (Å²) < 4.78 is 7.74. The van der Waals surface area contributed by atoms with Crippen molar-refractivity contribution in [3.63, 3.8) is 0 Å². The molecule has 4 aromatic heterocycles. The predicted molar refractivity (Wildman–Crippen MR) is 141 cm³/mol. The maximum Gasteiger partial charge on any atom is 0.263 e. The summed E-state index contributed by atoms with van der Waals surface area (Å²) in [6.45, 7) is 4.19. The van der Waals surface area contributed by atoms with Gasteiger partial charge in [-0.2, -0.15) is 0 Å². The molecule has 36 heavy (non-hydrogen) atoms. The van der Waals surface area contributed by atoms with Crippen molar-refractivity contribution in [2.24, 2.45) is 0 Å². The van der Waals surface area contributed by atoms with Gasteiger partial charge in [-0.3, -0.25) is 24.0 Å². The Morgan fingerprint density at radius 3 is 2.61 bits per heavy atom. The van der Waals surface area contributed by atoms with Gasteiger partial charge in [-0.25, -0.2) is 0 Å². The number of rotatable bonds is 7. The van der Waals surface area contributed by atoms with Crippen LogP contribution in [0.5, 0.6) is 5.75 Å². The van der Waals surface area contributed by atoms with Crippen LogP contribution in [0, 0.1) is 0 Å². The third kappa shape index (κ3) is 3.44. The third-order valence-corrected chi connectivity index (χ3v) is 6.47. The molecule has 6 rings (SSSR count). The Balaban J connectivity index is 1.45. The summed E-state index contributed by atoms with van der Waals surface area (Å²) in [7, 11) is 0. The van der Waals surface area contributed by atoms with E-state index in [9.17, 15) is 9.59 Å². The lowest BCUT2D eigenvalue weighted by Gasteiger charge is -2.12. The number of nitrogens with zero attached hydrogens (tertiary/aromatic N) is 3. The molecule has 0 saturated heterocycles. The zero-order chi connectivity index (χ0) is 24.6. The SMILES string of the molecule is C=CCc1c(OCC(=O)NCc2ccncc2)ccc2c1c1ccnc3c4ccccc4c(=O)n2c13. The molecular weight excluding hydrogens is 452 g/mol. The van der Waals surface area contributed by atoms with Crippen LogP contribution in [0.15, 0.2) is 90.6 Å². The summed E-state index contributed by atoms with van der Waals surface area (Å²) in [6.07, 6.45) is 7.46. The highest BCUT2D eigenvalue weighted by molar-refractivity contribution is 6.19. The molecule has 0 bridgehead atoms. The first-order chi connectivity index (χ1) is 17.7. The maximum atomic E-state index is 13.6. The third-order valence-electron chi connectivity index (χ3n) is 6.47. The van der Waals surface area contributed by atoms with Crippen LogP contribution in [-0.4, -0.2) is 26.9 Å². The van der Waals surface area contributed by atoms with Crippen molar-refractivity contribution < 1.29 is 9.53 Å². The second-order valence-electron chi connectivity index (χ2n) is 8.59. The van der Waals surface area contributed by atoms with Gasteiger partial charge in [-0.15, -0.1) is 6.58 Å². The quantitative estimate of drug-likeness (QED) is 0.274. The number of ether oxygens (including phenoxy) is 1. The number of nitrogens with one attached hydrogen (secondary N) is 1. The number of carbonyl (C=O) groups is 1. The number of hydrogen-bond donors (Lipinski definition) is 1. The minimum Gasteiger partial charge on any atom is -0.483 e. The lowest BCUT2D eigenvalue weighted by atomic mass is 10.0. The van der Waals surface area contributed by atoms with E-state index in [4.69, 9.17) is 4.74 Å². The number of hydrogen-bond acceptors (Lipinski definition) is 5. The topological polar surface area (TPSA) is 85.6 Å². The van der Waals surface area contributed by atoms with Crippen molar-refractivity contribution in [2.45, 2.75) is 13.0 Å². The molecule has 0 saturated carbocycles. The molecule has 0 aliphatic heterocycles. The number of aromatic nitrogens is 3. The monoisotopic (exact) mass is 474 g/mol. The summed E-state index contributed by atoms with van der Waals surface area (Å²) in [5.74, 6) is 0.358. The highest BCUT2D eigenvalue weighted by Gasteiger charge is 2.21. The number of fused-ring (bicyclic) bond motifs is 5. The van der Waals surface area contributed by atoms with Crippen molar-refractivity contribution in [3.8, 4) is 5.75 Å². The van der Waals surface area contributed by atoms with Crippen molar-refractivity contribution in [1.29, 1.82) is 0 Å². The van der Waals surface area contributed by atoms with E-state index in [1.165, 1.54) is 0 Å². The lowest BCUT2D eigenvalue weighted by molar-refractivity contribution is -0.123. The molecule has 0 radical (unpaired) electrons. The van der Waals surface area contributed by atoms with Crippen LogP contribution < -0.4 is 15.6 Å². The highest BCUT2D eigenvalue weighted by Crippen LogP contribution is 2.38.